The summed E-state index contributed by atoms with van der Waals surface area (Å²) in [5, 5.41) is 0. The lowest BCUT2D eigenvalue weighted by Crippen LogP contribution is -2.25. The second-order valence-corrected chi connectivity index (χ2v) is 4.46. The molecule has 0 aliphatic heterocycles. The Labute approximate surface area is 92.7 Å². The van der Waals surface area contributed by atoms with Crippen LogP contribution in [0.5, 0.6) is 0 Å². The first-order chi connectivity index (χ1) is 6.91. The van der Waals surface area contributed by atoms with Crippen molar-refractivity contribution in [3.8, 4) is 0 Å². The van der Waals surface area contributed by atoms with Crippen LogP contribution in [0.15, 0.2) is 12.2 Å². The first-order valence-corrected chi connectivity index (χ1v) is 5.47. The third kappa shape index (κ3) is 4.47. The van der Waals surface area contributed by atoms with Crippen LogP contribution in [0.25, 0.3) is 0 Å². The van der Waals surface area contributed by atoms with Gasteiger partial charge in [-0.3, -0.25) is 0 Å². The average molecular weight is 213 g/mol. The van der Waals surface area contributed by atoms with Crippen LogP contribution in [0.3, 0.4) is 0 Å². The molecule has 3 nitrogen and oxygen atoms in total. The van der Waals surface area contributed by atoms with Gasteiger partial charge in [-0.2, -0.15) is 0 Å². The van der Waals surface area contributed by atoms with Crippen molar-refractivity contribution in [1.82, 2.24) is 0 Å². The van der Waals surface area contributed by atoms with Gasteiger partial charge in [-0.05, 0) is 17.8 Å². The molecule has 0 aromatic heterocycles. The molecule has 15 heavy (non-hydrogen) atoms. The van der Waals surface area contributed by atoms with E-state index in [1.807, 2.05) is 0 Å². The Bertz CT molecular complexity index is 214. The van der Waals surface area contributed by atoms with Gasteiger partial charge >= 0.3 is 5.97 Å². The van der Waals surface area contributed by atoms with E-state index in [9.17, 15) is 4.79 Å². The molecule has 0 fully saturated rings. The molecule has 0 aliphatic rings. The third-order valence-corrected chi connectivity index (χ3v) is 2.45. The monoisotopic (exact) mass is 213 g/mol. The Balaban J connectivity index is 4.44. The summed E-state index contributed by atoms with van der Waals surface area (Å²) in [5.41, 5.74) is 5.83. The van der Waals surface area contributed by atoms with Gasteiger partial charge in [0.05, 0.1) is 0 Å². The number of ether oxygens (including phenoxy) is 1. The predicted molar refractivity (Wildman–Crippen MR) is 62.3 cm³/mol. The third-order valence-electron chi connectivity index (χ3n) is 2.45. The highest BCUT2D eigenvalue weighted by Gasteiger charge is 2.25. The van der Waals surface area contributed by atoms with Crippen LogP contribution >= 0.6 is 0 Å². The van der Waals surface area contributed by atoms with Crippen molar-refractivity contribution in [2.24, 2.45) is 23.5 Å². The molecule has 0 saturated heterocycles. The first kappa shape index (κ1) is 14.2. The minimum Gasteiger partial charge on any atom is -0.461 e. The summed E-state index contributed by atoms with van der Waals surface area (Å²) < 4.78 is 4.97. The summed E-state index contributed by atoms with van der Waals surface area (Å²) in [7, 11) is 0. The van der Waals surface area contributed by atoms with E-state index in [1.165, 1.54) is 0 Å². The number of hydrogen-bond donors (Lipinski definition) is 1. The van der Waals surface area contributed by atoms with Gasteiger partial charge in [-0.25, -0.2) is 4.79 Å². The van der Waals surface area contributed by atoms with Gasteiger partial charge in [0.1, 0.15) is 6.61 Å². The normalized spacial score (nSPS) is 11.2. The summed E-state index contributed by atoms with van der Waals surface area (Å²) in [6.45, 7) is 12.8. The highest BCUT2D eigenvalue weighted by atomic mass is 16.5. The fourth-order valence-corrected chi connectivity index (χ4v) is 1.95. The smallest absolute Gasteiger partial charge is 0.333 e. The highest BCUT2D eigenvalue weighted by molar-refractivity contribution is 5.88. The molecule has 0 spiro atoms. The maximum atomic E-state index is 11.6. The fraction of sp³-hybridized carbons (Fsp3) is 0.750. The molecule has 0 aliphatic carbocycles. The van der Waals surface area contributed by atoms with Crippen molar-refractivity contribution in [1.29, 1.82) is 0 Å². The van der Waals surface area contributed by atoms with E-state index in [0.717, 1.165) is 0 Å². The van der Waals surface area contributed by atoms with E-state index < -0.39 is 0 Å². The maximum Gasteiger partial charge on any atom is 0.333 e. The molecule has 0 saturated carbocycles. The average Bonchev–Trinajstić information content (AvgIpc) is 2.12. The van der Waals surface area contributed by atoms with Crippen LogP contribution in [0.2, 0.25) is 0 Å². The molecule has 0 unspecified atom stereocenters. The van der Waals surface area contributed by atoms with Gasteiger partial charge in [0.2, 0.25) is 0 Å². The van der Waals surface area contributed by atoms with E-state index in [2.05, 4.69) is 34.3 Å². The molecule has 0 heterocycles. The number of nitrogens with two attached hydrogens (primary N) is 1. The van der Waals surface area contributed by atoms with E-state index in [0.29, 0.717) is 24.0 Å². The zero-order valence-electron chi connectivity index (χ0n) is 10.2. The zero-order valence-corrected chi connectivity index (χ0v) is 10.2. The van der Waals surface area contributed by atoms with Gasteiger partial charge in [0.15, 0.2) is 0 Å². The highest BCUT2D eigenvalue weighted by Crippen LogP contribution is 2.27. The van der Waals surface area contributed by atoms with Crippen molar-refractivity contribution in [3.63, 3.8) is 0 Å². The van der Waals surface area contributed by atoms with Gasteiger partial charge in [-0.1, -0.05) is 34.3 Å². The summed E-state index contributed by atoms with van der Waals surface area (Å²) >= 11 is 0. The molecule has 3 heteroatoms. The Morgan fingerprint density at radius 1 is 1.27 bits per heavy atom. The van der Waals surface area contributed by atoms with Crippen molar-refractivity contribution < 1.29 is 9.53 Å². The molecule has 0 atom stereocenters. The van der Waals surface area contributed by atoms with Gasteiger partial charge in [-0.15, -0.1) is 0 Å². The van der Waals surface area contributed by atoms with Crippen molar-refractivity contribution in [2.45, 2.75) is 27.7 Å². The van der Waals surface area contributed by atoms with Gasteiger partial charge in [0.25, 0.3) is 0 Å². The molecule has 88 valence electrons. The lowest BCUT2D eigenvalue weighted by molar-refractivity contribution is -0.139. The van der Waals surface area contributed by atoms with Crippen LogP contribution in [0.1, 0.15) is 27.7 Å². The number of carbonyl (C=O) groups excluding carboxylic acids is 1. The summed E-state index contributed by atoms with van der Waals surface area (Å²) in [5.74, 6) is 0.647. The number of hydrogen-bond acceptors (Lipinski definition) is 3. The van der Waals surface area contributed by atoms with Crippen LogP contribution in [-0.2, 0) is 9.53 Å². The lowest BCUT2D eigenvalue weighted by atomic mass is 9.80. The largest absolute Gasteiger partial charge is 0.461 e. The molecule has 0 rings (SSSR count). The second-order valence-electron chi connectivity index (χ2n) is 4.46. The molecule has 0 aromatic carbocycles. The molecule has 0 aromatic rings. The first-order valence-electron chi connectivity index (χ1n) is 5.47. The predicted octanol–water partition coefficient (Wildman–Crippen LogP) is 1.97. The Kier molecular flexibility index (Phi) is 6.25. The zero-order chi connectivity index (χ0) is 12.0. The minimum absolute atomic E-state index is 0.176. The van der Waals surface area contributed by atoms with Crippen molar-refractivity contribution >= 4 is 5.97 Å². The Morgan fingerprint density at radius 3 is 2.07 bits per heavy atom. The van der Waals surface area contributed by atoms with Crippen molar-refractivity contribution in [2.75, 3.05) is 13.2 Å². The van der Waals surface area contributed by atoms with E-state index in [-0.39, 0.29) is 18.5 Å². The number of rotatable bonds is 6. The number of carbonyl (C=O) groups is 1. The molecule has 0 bridgehead atoms. The quantitative estimate of drug-likeness (QED) is 0.542. The molecule has 2 N–H and O–H groups in total. The summed E-state index contributed by atoms with van der Waals surface area (Å²) in [6, 6.07) is 0. The summed E-state index contributed by atoms with van der Waals surface area (Å²) in [6.07, 6.45) is 0. The number of esters is 1. The van der Waals surface area contributed by atoms with Crippen LogP contribution in [0.4, 0.5) is 0 Å². The topological polar surface area (TPSA) is 52.3 Å². The van der Waals surface area contributed by atoms with Crippen LogP contribution in [0, 0.1) is 17.8 Å². The minimum atomic E-state index is -0.312. The van der Waals surface area contributed by atoms with Crippen LogP contribution in [-0.4, -0.2) is 19.1 Å². The SMILES string of the molecule is C=C(C(=O)OCCN)C(C(C)C)C(C)C. The molecule has 0 radical (unpaired) electrons. The van der Waals surface area contributed by atoms with E-state index in [1.54, 1.807) is 0 Å². The molecule has 0 amide bonds. The maximum absolute atomic E-state index is 11.6. The molecular weight excluding hydrogens is 190 g/mol. The Hall–Kier alpha value is -0.830. The fourth-order valence-electron chi connectivity index (χ4n) is 1.95. The summed E-state index contributed by atoms with van der Waals surface area (Å²) in [4.78, 5) is 11.6. The molecular formula is C12H23NO2. The Morgan fingerprint density at radius 2 is 1.73 bits per heavy atom. The van der Waals surface area contributed by atoms with Crippen molar-refractivity contribution in [3.05, 3.63) is 12.2 Å². The lowest BCUT2D eigenvalue weighted by Gasteiger charge is -2.25. The van der Waals surface area contributed by atoms with Gasteiger partial charge < -0.3 is 10.5 Å². The van der Waals surface area contributed by atoms with E-state index in [4.69, 9.17) is 10.5 Å². The van der Waals surface area contributed by atoms with E-state index >= 15 is 0 Å². The second kappa shape index (κ2) is 6.62. The van der Waals surface area contributed by atoms with Gasteiger partial charge in [0, 0.05) is 12.1 Å². The van der Waals surface area contributed by atoms with Crippen LogP contribution < -0.4 is 5.73 Å². The standard InChI is InChI=1S/C12H23NO2/c1-8(2)11(9(3)4)10(5)12(14)15-7-6-13/h8-9,11H,5-7,13H2,1-4H3.